The van der Waals surface area contributed by atoms with Gasteiger partial charge in [0, 0.05) is 13.5 Å². The first-order valence-corrected chi connectivity index (χ1v) is 5.41. The maximum absolute atomic E-state index is 9.65. The van der Waals surface area contributed by atoms with Crippen LogP contribution in [0.5, 0.6) is 5.75 Å². The molecule has 0 saturated heterocycles. The summed E-state index contributed by atoms with van der Waals surface area (Å²) in [7, 11) is 1.89. The van der Waals surface area contributed by atoms with Gasteiger partial charge in [-0.15, -0.1) is 0 Å². The van der Waals surface area contributed by atoms with E-state index in [-0.39, 0.29) is 0 Å². The number of hydrogen-bond donors (Lipinski definition) is 1. The number of hydrogen-bond acceptors (Lipinski definition) is 2. The van der Waals surface area contributed by atoms with E-state index < -0.39 is 0 Å². The second kappa shape index (κ2) is 4.06. The Morgan fingerprint density at radius 1 is 1.40 bits per heavy atom. The van der Waals surface area contributed by atoms with Crippen LogP contribution in [0.15, 0.2) is 34.9 Å². The lowest BCUT2D eigenvalue weighted by Gasteiger charge is -2.05. The Morgan fingerprint density at radius 3 is 2.73 bits per heavy atom. The third-order valence-corrected chi connectivity index (χ3v) is 3.02. The van der Waals surface area contributed by atoms with Crippen LogP contribution in [-0.4, -0.2) is 14.9 Å². The molecule has 0 aliphatic heterocycles. The molecule has 2 rings (SSSR count). The van der Waals surface area contributed by atoms with Crippen LogP contribution in [0.3, 0.4) is 0 Å². The molecular formula is C11H11BrN2O. The van der Waals surface area contributed by atoms with Crippen LogP contribution in [0.25, 0.3) is 0 Å². The van der Waals surface area contributed by atoms with E-state index in [4.69, 9.17) is 0 Å². The second-order valence-electron chi connectivity index (χ2n) is 3.37. The first kappa shape index (κ1) is 10.2. The lowest BCUT2D eigenvalue weighted by molar-refractivity contribution is 0.469. The van der Waals surface area contributed by atoms with Gasteiger partial charge in [-0.2, -0.15) is 5.10 Å². The molecule has 0 spiro atoms. The average Bonchev–Trinajstić information content (AvgIpc) is 2.53. The number of benzene rings is 1. The highest BCUT2D eigenvalue weighted by Crippen LogP contribution is 2.23. The Labute approximate surface area is 96.5 Å². The van der Waals surface area contributed by atoms with Gasteiger partial charge >= 0.3 is 0 Å². The van der Waals surface area contributed by atoms with Gasteiger partial charge < -0.3 is 5.11 Å². The first-order valence-electron chi connectivity index (χ1n) is 4.61. The molecule has 0 saturated carbocycles. The van der Waals surface area contributed by atoms with Crippen molar-refractivity contribution in [3.8, 4) is 5.75 Å². The molecule has 0 bridgehead atoms. The number of aromatic hydroxyl groups is 1. The molecule has 0 atom stereocenters. The number of aryl methyl sites for hydroxylation is 1. The lowest BCUT2D eigenvalue weighted by Crippen LogP contribution is -1.99. The van der Waals surface area contributed by atoms with Crippen LogP contribution in [0, 0.1) is 0 Å². The molecule has 15 heavy (non-hydrogen) atoms. The van der Waals surface area contributed by atoms with Crippen LogP contribution in [-0.2, 0) is 13.5 Å². The molecule has 0 radical (unpaired) electrons. The third kappa shape index (κ3) is 2.04. The van der Waals surface area contributed by atoms with Gasteiger partial charge in [0.25, 0.3) is 0 Å². The summed E-state index contributed by atoms with van der Waals surface area (Å²) in [5.41, 5.74) is 1.96. The van der Waals surface area contributed by atoms with Gasteiger partial charge in [-0.25, -0.2) is 0 Å². The highest BCUT2D eigenvalue weighted by molar-refractivity contribution is 9.10. The number of nitrogens with zero attached hydrogens (tertiary/aromatic N) is 2. The van der Waals surface area contributed by atoms with Crippen LogP contribution in [0.4, 0.5) is 0 Å². The molecule has 1 aromatic heterocycles. The normalized spacial score (nSPS) is 10.5. The Hall–Kier alpha value is -1.29. The molecule has 1 heterocycles. The molecule has 0 amide bonds. The van der Waals surface area contributed by atoms with Crippen molar-refractivity contribution in [3.63, 3.8) is 0 Å². The van der Waals surface area contributed by atoms with Gasteiger partial charge in [0.2, 0.25) is 0 Å². The summed E-state index contributed by atoms with van der Waals surface area (Å²) in [6.07, 6.45) is 2.43. The lowest BCUT2D eigenvalue weighted by atomic mass is 10.1. The standard InChI is InChI=1S/C11H11BrN2O/c1-14-10(9(12)7-13-14)6-8-4-2-3-5-11(8)15/h2-5,7,15H,6H2,1H3. The number of para-hydroxylation sites is 1. The molecule has 1 N–H and O–H groups in total. The van der Waals surface area contributed by atoms with Crippen molar-refractivity contribution in [1.82, 2.24) is 9.78 Å². The van der Waals surface area contributed by atoms with E-state index in [1.807, 2.05) is 25.2 Å². The van der Waals surface area contributed by atoms with E-state index in [9.17, 15) is 5.11 Å². The molecule has 78 valence electrons. The Bertz CT molecular complexity index is 460. The molecule has 0 aliphatic rings. The fourth-order valence-electron chi connectivity index (χ4n) is 1.48. The molecule has 4 heteroatoms. The van der Waals surface area contributed by atoms with Crippen molar-refractivity contribution in [3.05, 3.63) is 46.2 Å². The van der Waals surface area contributed by atoms with Crippen molar-refractivity contribution >= 4 is 15.9 Å². The zero-order valence-corrected chi connectivity index (χ0v) is 9.90. The average molecular weight is 267 g/mol. The minimum atomic E-state index is 0.325. The second-order valence-corrected chi connectivity index (χ2v) is 4.22. The van der Waals surface area contributed by atoms with Crippen molar-refractivity contribution in [1.29, 1.82) is 0 Å². The van der Waals surface area contributed by atoms with Crippen molar-refractivity contribution in [2.75, 3.05) is 0 Å². The summed E-state index contributed by atoms with van der Waals surface area (Å²) in [6, 6.07) is 7.34. The van der Waals surface area contributed by atoms with E-state index in [0.29, 0.717) is 12.2 Å². The highest BCUT2D eigenvalue weighted by atomic mass is 79.9. The van der Waals surface area contributed by atoms with E-state index in [0.717, 1.165) is 15.7 Å². The summed E-state index contributed by atoms with van der Waals surface area (Å²) < 4.78 is 2.77. The molecule has 1 aromatic carbocycles. The zero-order valence-electron chi connectivity index (χ0n) is 8.31. The van der Waals surface area contributed by atoms with Crippen LogP contribution in [0.1, 0.15) is 11.3 Å². The number of phenolic OH excluding ortho intramolecular Hbond substituents is 1. The Balaban J connectivity index is 2.34. The maximum atomic E-state index is 9.65. The topological polar surface area (TPSA) is 38.0 Å². The van der Waals surface area contributed by atoms with E-state index in [1.165, 1.54) is 0 Å². The minimum Gasteiger partial charge on any atom is -0.508 e. The van der Waals surface area contributed by atoms with Gasteiger partial charge in [-0.1, -0.05) is 18.2 Å². The molecule has 0 fully saturated rings. The van der Waals surface area contributed by atoms with Gasteiger partial charge in [-0.05, 0) is 27.6 Å². The van der Waals surface area contributed by atoms with Gasteiger partial charge in [0.05, 0.1) is 16.4 Å². The van der Waals surface area contributed by atoms with Crippen molar-refractivity contribution < 1.29 is 5.11 Å². The molecular weight excluding hydrogens is 256 g/mol. The van der Waals surface area contributed by atoms with Gasteiger partial charge in [0.1, 0.15) is 5.75 Å². The van der Waals surface area contributed by atoms with Crippen molar-refractivity contribution in [2.24, 2.45) is 7.05 Å². The smallest absolute Gasteiger partial charge is 0.119 e. The number of rotatable bonds is 2. The summed E-state index contributed by atoms with van der Waals surface area (Å²) in [4.78, 5) is 0. The Kier molecular flexibility index (Phi) is 2.77. The van der Waals surface area contributed by atoms with Crippen molar-refractivity contribution in [2.45, 2.75) is 6.42 Å². The summed E-state index contributed by atoms with van der Waals surface area (Å²) in [5, 5.41) is 13.8. The van der Waals surface area contributed by atoms with Gasteiger partial charge in [-0.3, -0.25) is 4.68 Å². The largest absolute Gasteiger partial charge is 0.508 e. The zero-order chi connectivity index (χ0) is 10.8. The van der Waals surface area contributed by atoms with Crippen LogP contribution in [0.2, 0.25) is 0 Å². The number of aromatic nitrogens is 2. The first-order chi connectivity index (χ1) is 7.18. The third-order valence-electron chi connectivity index (χ3n) is 2.36. The highest BCUT2D eigenvalue weighted by Gasteiger charge is 2.08. The van der Waals surface area contributed by atoms with Crippen LogP contribution >= 0.6 is 15.9 Å². The predicted molar refractivity (Wildman–Crippen MR) is 61.8 cm³/mol. The molecule has 3 nitrogen and oxygen atoms in total. The number of halogens is 1. The summed E-state index contributed by atoms with van der Waals surface area (Å²) in [5.74, 6) is 0.325. The predicted octanol–water partition coefficient (Wildman–Crippen LogP) is 2.48. The maximum Gasteiger partial charge on any atom is 0.119 e. The summed E-state index contributed by atoms with van der Waals surface area (Å²) >= 11 is 3.43. The van der Waals surface area contributed by atoms with E-state index >= 15 is 0 Å². The molecule has 0 aliphatic carbocycles. The van der Waals surface area contributed by atoms with E-state index in [1.54, 1.807) is 16.9 Å². The number of phenols is 1. The minimum absolute atomic E-state index is 0.325. The van der Waals surface area contributed by atoms with E-state index in [2.05, 4.69) is 21.0 Å². The fourth-order valence-corrected chi connectivity index (χ4v) is 1.96. The quantitative estimate of drug-likeness (QED) is 0.907. The van der Waals surface area contributed by atoms with Crippen LogP contribution < -0.4 is 0 Å². The fraction of sp³-hybridized carbons (Fsp3) is 0.182. The van der Waals surface area contributed by atoms with Gasteiger partial charge in [0.15, 0.2) is 0 Å². The summed E-state index contributed by atoms with van der Waals surface area (Å²) in [6.45, 7) is 0. The Morgan fingerprint density at radius 2 is 2.13 bits per heavy atom. The molecule has 2 aromatic rings. The molecule has 0 unspecified atom stereocenters. The SMILES string of the molecule is Cn1ncc(Br)c1Cc1ccccc1O. The monoisotopic (exact) mass is 266 g/mol.